The Balaban J connectivity index is 1.75. The molecule has 2 aromatic carbocycles. The van der Waals surface area contributed by atoms with Gasteiger partial charge in [-0.1, -0.05) is 45.7 Å². The summed E-state index contributed by atoms with van der Waals surface area (Å²) in [5.74, 6) is -0.166. The molecule has 3 rings (SSSR count). The Labute approximate surface area is 157 Å². The molecule has 0 aliphatic carbocycles. The van der Waals surface area contributed by atoms with E-state index < -0.39 is 0 Å². The summed E-state index contributed by atoms with van der Waals surface area (Å²) in [5, 5.41) is 4.20. The lowest BCUT2D eigenvalue weighted by molar-refractivity contribution is 0.102. The van der Waals surface area contributed by atoms with Gasteiger partial charge in [-0.15, -0.1) is 11.3 Å². The summed E-state index contributed by atoms with van der Waals surface area (Å²) in [5.41, 5.74) is 2.56. The zero-order valence-electron chi connectivity index (χ0n) is 12.8. The van der Waals surface area contributed by atoms with E-state index >= 15 is 0 Å². The van der Waals surface area contributed by atoms with Crippen molar-refractivity contribution >= 4 is 49.9 Å². The van der Waals surface area contributed by atoms with Crippen LogP contribution in [0.25, 0.3) is 0 Å². The van der Waals surface area contributed by atoms with Gasteiger partial charge in [-0.25, -0.2) is 4.98 Å². The van der Waals surface area contributed by atoms with Crippen molar-refractivity contribution in [2.75, 3.05) is 5.32 Å². The van der Waals surface area contributed by atoms with Crippen LogP contribution in [0.15, 0.2) is 53.0 Å². The van der Waals surface area contributed by atoms with Crippen LogP contribution >= 0.6 is 38.9 Å². The zero-order chi connectivity index (χ0) is 17.1. The highest BCUT2D eigenvalue weighted by atomic mass is 79.9. The van der Waals surface area contributed by atoms with Crippen molar-refractivity contribution in [2.24, 2.45) is 0 Å². The predicted octanol–water partition coefficient (Wildman–Crippen LogP) is 5.71. The van der Waals surface area contributed by atoms with Gasteiger partial charge in [0.25, 0.3) is 5.91 Å². The molecule has 0 atom stereocenters. The average Bonchev–Trinajstić information content (AvgIpc) is 2.89. The van der Waals surface area contributed by atoms with Crippen LogP contribution in [-0.2, 0) is 6.42 Å². The van der Waals surface area contributed by atoms with Gasteiger partial charge < -0.3 is 0 Å². The fourth-order valence-electron chi connectivity index (χ4n) is 2.23. The van der Waals surface area contributed by atoms with Crippen LogP contribution in [0.5, 0.6) is 0 Å². The Morgan fingerprint density at radius 3 is 2.62 bits per heavy atom. The molecule has 0 fully saturated rings. The first-order valence-electron chi connectivity index (χ1n) is 7.29. The summed E-state index contributed by atoms with van der Waals surface area (Å²) in [7, 11) is 0. The standard InChI is InChI=1S/C18H14BrClN2OS/c1-11-16(10-13-4-2-3-5-15(13)20)24-18(21-11)22-17(23)12-6-8-14(19)9-7-12/h2-9H,10H2,1H3,(H,21,22,23). The normalized spacial score (nSPS) is 10.6. The molecule has 0 saturated heterocycles. The number of carbonyl (C=O) groups is 1. The number of hydrogen-bond donors (Lipinski definition) is 1. The summed E-state index contributed by atoms with van der Waals surface area (Å²) >= 11 is 11.1. The smallest absolute Gasteiger partial charge is 0.257 e. The topological polar surface area (TPSA) is 42.0 Å². The van der Waals surface area contributed by atoms with Gasteiger partial charge in [0.15, 0.2) is 5.13 Å². The van der Waals surface area contributed by atoms with Crippen molar-refractivity contribution in [1.29, 1.82) is 0 Å². The van der Waals surface area contributed by atoms with Gasteiger partial charge in [0.05, 0.1) is 5.69 Å². The Morgan fingerprint density at radius 1 is 1.21 bits per heavy atom. The molecular weight excluding hydrogens is 408 g/mol. The van der Waals surface area contributed by atoms with E-state index in [2.05, 4.69) is 26.2 Å². The predicted molar refractivity (Wildman–Crippen MR) is 103 cm³/mol. The molecule has 0 radical (unpaired) electrons. The number of rotatable bonds is 4. The van der Waals surface area contributed by atoms with Gasteiger partial charge in [-0.05, 0) is 42.8 Å². The Kier molecular flexibility index (Phi) is 5.33. The number of nitrogens with one attached hydrogen (secondary N) is 1. The highest BCUT2D eigenvalue weighted by Crippen LogP contribution is 2.28. The molecule has 1 amide bonds. The minimum absolute atomic E-state index is 0.166. The number of aromatic nitrogens is 1. The lowest BCUT2D eigenvalue weighted by Crippen LogP contribution is -2.11. The van der Waals surface area contributed by atoms with E-state index in [9.17, 15) is 4.79 Å². The first-order chi connectivity index (χ1) is 11.5. The van der Waals surface area contributed by atoms with E-state index in [-0.39, 0.29) is 5.91 Å². The number of benzene rings is 2. The third-order valence-corrected chi connectivity index (χ3v) is 5.50. The molecule has 3 nitrogen and oxygen atoms in total. The fourth-order valence-corrected chi connectivity index (χ4v) is 3.68. The van der Waals surface area contributed by atoms with E-state index in [1.54, 1.807) is 12.1 Å². The number of aryl methyl sites for hydroxylation is 1. The van der Waals surface area contributed by atoms with Crippen molar-refractivity contribution in [3.8, 4) is 0 Å². The van der Waals surface area contributed by atoms with Gasteiger partial charge in [-0.3, -0.25) is 10.1 Å². The zero-order valence-corrected chi connectivity index (χ0v) is 16.0. The summed E-state index contributed by atoms with van der Waals surface area (Å²) < 4.78 is 0.936. The van der Waals surface area contributed by atoms with Crippen molar-refractivity contribution in [3.63, 3.8) is 0 Å². The number of halogens is 2. The maximum Gasteiger partial charge on any atom is 0.257 e. The van der Waals surface area contributed by atoms with Crippen molar-refractivity contribution < 1.29 is 4.79 Å². The summed E-state index contributed by atoms with van der Waals surface area (Å²) in [6.45, 7) is 1.94. The fraction of sp³-hybridized carbons (Fsp3) is 0.111. The largest absolute Gasteiger partial charge is 0.298 e. The molecular formula is C18H14BrClN2OS. The summed E-state index contributed by atoms with van der Waals surface area (Å²) in [4.78, 5) is 17.8. The Hall–Kier alpha value is -1.69. The van der Waals surface area contributed by atoms with Crippen LogP contribution in [0.4, 0.5) is 5.13 Å². The number of amides is 1. The van der Waals surface area contributed by atoms with Crippen LogP contribution in [-0.4, -0.2) is 10.9 Å². The number of carbonyl (C=O) groups excluding carboxylic acids is 1. The lowest BCUT2D eigenvalue weighted by atomic mass is 10.1. The first kappa shape index (κ1) is 17.1. The first-order valence-corrected chi connectivity index (χ1v) is 9.28. The molecule has 0 aliphatic rings. The van der Waals surface area contributed by atoms with Crippen molar-refractivity contribution in [3.05, 3.63) is 79.7 Å². The van der Waals surface area contributed by atoms with Gasteiger partial charge in [-0.2, -0.15) is 0 Å². The van der Waals surface area contributed by atoms with Gasteiger partial charge in [0.1, 0.15) is 0 Å². The quantitative estimate of drug-likeness (QED) is 0.586. The highest BCUT2D eigenvalue weighted by Gasteiger charge is 2.13. The third kappa shape index (κ3) is 4.04. The molecule has 24 heavy (non-hydrogen) atoms. The molecule has 3 aromatic rings. The maximum atomic E-state index is 12.3. The average molecular weight is 422 g/mol. The van der Waals surface area contributed by atoms with Gasteiger partial charge in [0.2, 0.25) is 0 Å². The lowest BCUT2D eigenvalue weighted by Gasteiger charge is -2.02. The second kappa shape index (κ2) is 7.47. The number of hydrogen-bond acceptors (Lipinski definition) is 3. The van der Waals surface area contributed by atoms with Crippen LogP contribution in [0.3, 0.4) is 0 Å². The van der Waals surface area contributed by atoms with Crippen LogP contribution < -0.4 is 5.32 Å². The van der Waals surface area contributed by atoms with Crippen LogP contribution in [0.2, 0.25) is 5.02 Å². The Morgan fingerprint density at radius 2 is 1.92 bits per heavy atom. The monoisotopic (exact) mass is 420 g/mol. The molecule has 0 spiro atoms. The number of nitrogens with zero attached hydrogens (tertiary/aromatic N) is 1. The van der Waals surface area contributed by atoms with E-state index in [4.69, 9.17) is 11.6 Å². The van der Waals surface area contributed by atoms with Crippen LogP contribution in [0, 0.1) is 6.92 Å². The van der Waals surface area contributed by atoms with E-state index in [1.165, 1.54) is 11.3 Å². The molecule has 1 heterocycles. The SMILES string of the molecule is Cc1nc(NC(=O)c2ccc(Br)cc2)sc1Cc1ccccc1Cl. The van der Waals surface area contributed by atoms with Gasteiger partial charge >= 0.3 is 0 Å². The molecule has 0 aliphatic heterocycles. The van der Waals surface area contributed by atoms with E-state index in [0.717, 1.165) is 25.6 Å². The molecule has 122 valence electrons. The number of anilines is 1. The molecule has 0 unspecified atom stereocenters. The minimum Gasteiger partial charge on any atom is -0.298 e. The summed E-state index contributed by atoms with van der Waals surface area (Å²) in [6.07, 6.45) is 0.706. The van der Waals surface area contributed by atoms with E-state index in [1.807, 2.05) is 43.3 Å². The van der Waals surface area contributed by atoms with Crippen molar-refractivity contribution in [2.45, 2.75) is 13.3 Å². The number of thiazole rings is 1. The minimum atomic E-state index is -0.166. The second-order valence-electron chi connectivity index (χ2n) is 5.26. The Bertz CT molecular complexity index is 877. The molecule has 0 bridgehead atoms. The van der Waals surface area contributed by atoms with E-state index in [0.29, 0.717) is 17.1 Å². The van der Waals surface area contributed by atoms with Crippen LogP contribution in [0.1, 0.15) is 26.5 Å². The van der Waals surface area contributed by atoms with Gasteiger partial charge in [0, 0.05) is 26.4 Å². The summed E-state index contributed by atoms with van der Waals surface area (Å²) in [6, 6.07) is 15.0. The molecule has 1 N–H and O–H groups in total. The molecule has 6 heteroatoms. The highest BCUT2D eigenvalue weighted by molar-refractivity contribution is 9.10. The second-order valence-corrected chi connectivity index (χ2v) is 7.66. The third-order valence-electron chi connectivity index (χ3n) is 3.53. The maximum absolute atomic E-state index is 12.3. The van der Waals surface area contributed by atoms with Crippen molar-refractivity contribution in [1.82, 2.24) is 4.98 Å². The molecule has 0 saturated carbocycles. The molecule has 1 aromatic heterocycles.